The third kappa shape index (κ3) is 4.66. The summed E-state index contributed by atoms with van der Waals surface area (Å²) in [6.07, 6.45) is 1.55. The highest BCUT2D eigenvalue weighted by atomic mass is 16.5. The summed E-state index contributed by atoms with van der Waals surface area (Å²) in [7, 11) is 1.80. The van der Waals surface area contributed by atoms with E-state index in [9.17, 15) is 14.7 Å². The van der Waals surface area contributed by atoms with Gasteiger partial charge in [-0.2, -0.15) is 0 Å². The number of benzene rings is 3. The first kappa shape index (κ1) is 23.1. The zero-order chi connectivity index (χ0) is 24.5. The molecule has 4 aromatic rings. The van der Waals surface area contributed by atoms with Crippen molar-refractivity contribution in [3.05, 3.63) is 99.8 Å². The molecule has 0 bridgehead atoms. The van der Waals surface area contributed by atoms with Gasteiger partial charge in [-0.25, -0.2) is 0 Å². The Bertz CT molecular complexity index is 1420. The molecule has 6 heteroatoms. The molecule has 0 atom stereocenters. The SMILES string of the molecule is Cn1cc(C(=O)Nc2cc(OCc3ccccc3)c(O)cc2C(C)(C)C)c(=O)c2ccccc21. The van der Waals surface area contributed by atoms with Gasteiger partial charge in [-0.1, -0.05) is 63.2 Å². The Kier molecular flexibility index (Phi) is 6.16. The molecule has 34 heavy (non-hydrogen) atoms. The number of aryl methyl sites for hydroxylation is 1. The highest BCUT2D eigenvalue weighted by Gasteiger charge is 2.24. The number of phenolic OH excluding ortho intramolecular Hbond substituents is 1. The van der Waals surface area contributed by atoms with Gasteiger partial charge in [0.2, 0.25) is 5.43 Å². The summed E-state index contributed by atoms with van der Waals surface area (Å²) in [5.41, 5.74) is 2.24. The highest BCUT2D eigenvalue weighted by Crippen LogP contribution is 2.39. The van der Waals surface area contributed by atoms with E-state index in [1.54, 1.807) is 42.1 Å². The van der Waals surface area contributed by atoms with Gasteiger partial charge in [-0.05, 0) is 34.7 Å². The second kappa shape index (κ2) is 9.06. The van der Waals surface area contributed by atoms with Gasteiger partial charge in [0.25, 0.3) is 5.91 Å². The summed E-state index contributed by atoms with van der Waals surface area (Å²) in [4.78, 5) is 26.3. The summed E-state index contributed by atoms with van der Waals surface area (Å²) in [5.74, 6) is -0.282. The van der Waals surface area contributed by atoms with Gasteiger partial charge in [0, 0.05) is 30.4 Å². The molecule has 0 spiro atoms. The van der Waals surface area contributed by atoms with Crippen molar-refractivity contribution < 1.29 is 14.6 Å². The van der Waals surface area contributed by atoms with Crippen molar-refractivity contribution in [3.63, 3.8) is 0 Å². The largest absolute Gasteiger partial charge is 0.504 e. The van der Waals surface area contributed by atoms with Crippen molar-refractivity contribution in [2.75, 3.05) is 5.32 Å². The van der Waals surface area contributed by atoms with Crippen LogP contribution in [0, 0.1) is 0 Å². The van der Waals surface area contributed by atoms with Crippen LogP contribution in [0.5, 0.6) is 11.5 Å². The second-order valence-electron chi connectivity index (χ2n) is 9.34. The van der Waals surface area contributed by atoms with Crippen LogP contribution in [0.1, 0.15) is 42.3 Å². The molecular weight excluding hydrogens is 428 g/mol. The lowest BCUT2D eigenvalue weighted by molar-refractivity contribution is 0.102. The van der Waals surface area contributed by atoms with Crippen molar-refractivity contribution in [3.8, 4) is 11.5 Å². The van der Waals surface area contributed by atoms with E-state index in [4.69, 9.17) is 4.74 Å². The van der Waals surface area contributed by atoms with E-state index < -0.39 is 5.91 Å². The van der Waals surface area contributed by atoms with Gasteiger partial charge >= 0.3 is 0 Å². The molecule has 174 valence electrons. The number of anilines is 1. The Balaban J connectivity index is 1.71. The number of ether oxygens (including phenoxy) is 1. The molecule has 0 saturated heterocycles. The van der Waals surface area contributed by atoms with Crippen LogP contribution >= 0.6 is 0 Å². The van der Waals surface area contributed by atoms with Crippen LogP contribution in [0.15, 0.2) is 77.7 Å². The summed E-state index contributed by atoms with van der Waals surface area (Å²) >= 11 is 0. The number of nitrogens with one attached hydrogen (secondary N) is 1. The molecule has 0 aliphatic rings. The maximum atomic E-state index is 13.3. The molecule has 2 N–H and O–H groups in total. The minimum Gasteiger partial charge on any atom is -0.504 e. The number of pyridine rings is 1. The fraction of sp³-hybridized carbons (Fsp3) is 0.214. The standard InChI is InChI=1S/C28H28N2O4/c1-28(2,3)21-14-24(31)25(34-17-18-10-6-5-7-11-18)15-22(21)29-27(33)20-16-30(4)23-13-9-8-12-19(23)26(20)32/h5-16,31H,17H2,1-4H3,(H,29,33). The van der Waals surface area contributed by atoms with E-state index in [0.29, 0.717) is 11.1 Å². The number of amides is 1. The van der Waals surface area contributed by atoms with Crippen LogP contribution in [0.4, 0.5) is 5.69 Å². The summed E-state index contributed by atoms with van der Waals surface area (Å²) in [6, 6.07) is 20.0. The predicted octanol–water partition coefficient (Wildman–Crippen LogP) is 5.37. The Morgan fingerprint density at radius 1 is 1.03 bits per heavy atom. The topological polar surface area (TPSA) is 80.6 Å². The molecule has 6 nitrogen and oxygen atoms in total. The first-order valence-electron chi connectivity index (χ1n) is 11.1. The Hall–Kier alpha value is -4.06. The summed E-state index contributed by atoms with van der Waals surface area (Å²) < 4.78 is 7.62. The normalized spacial score (nSPS) is 11.4. The first-order chi connectivity index (χ1) is 16.1. The van der Waals surface area contributed by atoms with Gasteiger partial charge in [0.05, 0.1) is 5.52 Å². The second-order valence-corrected chi connectivity index (χ2v) is 9.34. The molecule has 0 saturated carbocycles. The number of fused-ring (bicyclic) bond motifs is 1. The first-order valence-corrected chi connectivity index (χ1v) is 11.1. The smallest absolute Gasteiger partial charge is 0.261 e. The molecular formula is C28H28N2O4. The van der Waals surface area contributed by atoms with Crippen LogP contribution in [-0.4, -0.2) is 15.6 Å². The zero-order valence-corrected chi connectivity index (χ0v) is 19.8. The van der Waals surface area contributed by atoms with E-state index in [0.717, 1.165) is 16.6 Å². The molecule has 3 aromatic carbocycles. The van der Waals surface area contributed by atoms with Gasteiger partial charge in [0.1, 0.15) is 12.2 Å². The van der Waals surface area contributed by atoms with Crippen LogP contribution in [0.2, 0.25) is 0 Å². The minimum absolute atomic E-state index is 0.0134. The number of carbonyl (C=O) groups is 1. The number of hydrogen-bond donors (Lipinski definition) is 2. The molecule has 1 aromatic heterocycles. The van der Waals surface area contributed by atoms with E-state index >= 15 is 0 Å². The minimum atomic E-state index is -0.517. The Labute approximate surface area is 198 Å². The summed E-state index contributed by atoms with van der Waals surface area (Å²) in [6.45, 7) is 6.22. The fourth-order valence-electron chi connectivity index (χ4n) is 3.93. The van der Waals surface area contributed by atoms with Crippen molar-refractivity contribution >= 4 is 22.5 Å². The molecule has 4 rings (SSSR count). The molecule has 1 heterocycles. The molecule has 1 amide bonds. The third-order valence-electron chi connectivity index (χ3n) is 5.73. The van der Waals surface area contributed by atoms with Crippen LogP contribution in [0.3, 0.4) is 0 Å². The van der Waals surface area contributed by atoms with Crippen LogP contribution in [-0.2, 0) is 19.1 Å². The Morgan fingerprint density at radius 3 is 2.41 bits per heavy atom. The fourth-order valence-corrected chi connectivity index (χ4v) is 3.93. The number of rotatable bonds is 5. The Morgan fingerprint density at radius 2 is 1.71 bits per heavy atom. The third-order valence-corrected chi connectivity index (χ3v) is 5.73. The average molecular weight is 457 g/mol. The predicted molar refractivity (Wildman–Crippen MR) is 135 cm³/mol. The number of aromatic nitrogens is 1. The number of nitrogens with zero attached hydrogens (tertiary/aromatic N) is 1. The van der Waals surface area contributed by atoms with E-state index in [1.165, 1.54) is 0 Å². The van der Waals surface area contributed by atoms with Gasteiger partial charge < -0.3 is 19.7 Å². The lowest BCUT2D eigenvalue weighted by Gasteiger charge is -2.24. The quantitative estimate of drug-likeness (QED) is 0.396. The van der Waals surface area contributed by atoms with Crippen molar-refractivity contribution in [1.29, 1.82) is 0 Å². The van der Waals surface area contributed by atoms with E-state index in [-0.39, 0.29) is 34.5 Å². The van der Waals surface area contributed by atoms with Crippen molar-refractivity contribution in [1.82, 2.24) is 4.57 Å². The molecule has 0 unspecified atom stereocenters. The van der Waals surface area contributed by atoms with Crippen molar-refractivity contribution in [2.24, 2.45) is 7.05 Å². The summed E-state index contributed by atoms with van der Waals surface area (Å²) in [5, 5.41) is 14.0. The maximum absolute atomic E-state index is 13.3. The average Bonchev–Trinajstić information content (AvgIpc) is 2.81. The molecule has 0 fully saturated rings. The maximum Gasteiger partial charge on any atom is 0.261 e. The number of hydrogen-bond acceptors (Lipinski definition) is 4. The van der Waals surface area contributed by atoms with Gasteiger partial charge in [-0.3, -0.25) is 9.59 Å². The van der Waals surface area contributed by atoms with Crippen LogP contribution < -0.4 is 15.5 Å². The highest BCUT2D eigenvalue weighted by molar-refractivity contribution is 6.06. The van der Waals surface area contributed by atoms with Gasteiger partial charge in [-0.15, -0.1) is 0 Å². The number of phenols is 1. The van der Waals surface area contributed by atoms with E-state index in [2.05, 4.69) is 5.32 Å². The molecule has 0 radical (unpaired) electrons. The zero-order valence-electron chi connectivity index (χ0n) is 19.8. The van der Waals surface area contributed by atoms with Crippen molar-refractivity contribution in [2.45, 2.75) is 32.8 Å². The number of para-hydroxylation sites is 1. The van der Waals surface area contributed by atoms with Crippen LogP contribution in [0.25, 0.3) is 10.9 Å². The molecule has 0 aliphatic carbocycles. The lowest BCUT2D eigenvalue weighted by Crippen LogP contribution is -2.25. The monoisotopic (exact) mass is 456 g/mol. The number of carbonyl (C=O) groups excluding carboxylic acids is 1. The lowest BCUT2D eigenvalue weighted by atomic mass is 9.85. The molecule has 0 aliphatic heterocycles. The van der Waals surface area contributed by atoms with Gasteiger partial charge in [0.15, 0.2) is 11.5 Å². The number of aromatic hydroxyl groups is 1. The van der Waals surface area contributed by atoms with E-state index in [1.807, 2.05) is 63.2 Å².